The first-order valence-corrected chi connectivity index (χ1v) is 5.40. The van der Waals surface area contributed by atoms with Crippen molar-refractivity contribution >= 4 is 0 Å². The molecule has 0 saturated carbocycles. The quantitative estimate of drug-likeness (QED) is 0.535. The minimum absolute atomic E-state index is 0.0133. The normalized spacial score (nSPS) is 38.0. The molecule has 0 aromatic heterocycles. The summed E-state index contributed by atoms with van der Waals surface area (Å²) in [4.78, 5) is 0. The SMILES string of the molecule is CC1CC=CC(C)(C(C)(C)C)C1C#N. The second-order valence-corrected chi connectivity index (χ2v) is 5.75. The summed E-state index contributed by atoms with van der Waals surface area (Å²) in [7, 11) is 0. The first-order valence-electron chi connectivity index (χ1n) is 5.40. The van der Waals surface area contributed by atoms with Gasteiger partial charge in [0.15, 0.2) is 0 Å². The number of nitrogens with zero attached hydrogens (tertiary/aromatic N) is 1. The molecule has 0 radical (unpaired) electrons. The van der Waals surface area contributed by atoms with Crippen molar-refractivity contribution in [1.29, 1.82) is 5.26 Å². The summed E-state index contributed by atoms with van der Waals surface area (Å²) in [6.45, 7) is 11.1. The summed E-state index contributed by atoms with van der Waals surface area (Å²) < 4.78 is 0. The van der Waals surface area contributed by atoms with E-state index in [0.717, 1.165) is 6.42 Å². The van der Waals surface area contributed by atoms with Gasteiger partial charge in [0.1, 0.15) is 0 Å². The van der Waals surface area contributed by atoms with Crippen molar-refractivity contribution in [3.63, 3.8) is 0 Å². The van der Waals surface area contributed by atoms with E-state index in [9.17, 15) is 5.26 Å². The Kier molecular flexibility index (Phi) is 2.76. The van der Waals surface area contributed by atoms with Crippen LogP contribution in [0.15, 0.2) is 12.2 Å². The Morgan fingerprint density at radius 2 is 2.00 bits per heavy atom. The summed E-state index contributed by atoms with van der Waals surface area (Å²) in [6.07, 6.45) is 5.54. The fraction of sp³-hybridized carbons (Fsp3) is 0.769. The van der Waals surface area contributed by atoms with Crippen LogP contribution in [0.4, 0.5) is 0 Å². The van der Waals surface area contributed by atoms with Gasteiger partial charge in [0, 0.05) is 5.41 Å². The Morgan fingerprint density at radius 3 is 2.36 bits per heavy atom. The van der Waals surface area contributed by atoms with Gasteiger partial charge in [-0.1, -0.05) is 46.8 Å². The standard InChI is InChI=1S/C13H21N/c1-10-7-6-8-13(5,11(10)9-14)12(2,3)4/h6,8,10-11H,7H2,1-5H3. The molecule has 3 unspecified atom stereocenters. The first kappa shape index (κ1) is 11.3. The molecule has 1 rings (SSSR count). The van der Waals surface area contributed by atoms with E-state index in [0.29, 0.717) is 5.92 Å². The molecule has 1 heteroatoms. The average molecular weight is 191 g/mol. The van der Waals surface area contributed by atoms with Crippen molar-refractivity contribution in [3.8, 4) is 6.07 Å². The molecule has 0 fully saturated rings. The lowest BCUT2D eigenvalue weighted by Gasteiger charge is -2.47. The largest absolute Gasteiger partial charge is 0.198 e. The van der Waals surface area contributed by atoms with E-state index < -0.39 is 0 Å². The maximum atomic E-state index is 9.28. The third kappa shape index (κ3) is 1.59. The zero-order valence-electron chi connectivity index (χ0n) is 9.96. The van der Waals surface area contributed by atoms with Crippen LogP contribution in [0.3, 0.4) is 0 Å². The van der Waals surface area contributed by atoms with Crippen molar-refractivity contribution in [3.05, 3.63) is 12.2 Å². The van der Waals surface area contributed by atoms with Crippen LogP contribution < -0.4 is 0 Å². The highest BCUT2D eigenvalue weighted by atomic mass is 14.5. The number of allylic oxidation sites excluding steroid dienone is 2. The van der Waals surface area contributed by atoms with E-state index in [1.807, 2.05) is 0 Å². The number of hydrogen-bond donors (Lipinski definition) is 0. The first-order chi connectivity index (χ1) is 6.33. The summed E-state index contributed by atoms with van der Waals surface area (Å²) in [5.41, 5.74) is 0.165. The lowest BCUT2D eigenvalue weighted by Crippen LogP contribution is -2.42. The fourth-order valence-corrected chi connectivity index (χ4v) is 2.34. The Bertz CT molecular complexity index is 277. The third-order valence-corrected chi connectivity index (χ3v) is 3.94. The van der Waals surface area contributed by atoms with E-state index in [-0.39, 0.29) is 16.7 Å². The molecule has 0 bridgehead atoms. The van der Waals surface area contributed by atoms with Gasteiger partial charge in [0.2, 0.25) is 0 Å². The predicted molar refractivity (Wildman–Crippen MR) is 59.6 cm³/mol. The van der Waals surface area contributed by atoms with Crippen LogP contribution in [0.5, 0.6) is 0 Å². The Balaban J connectivity index is 3.13. The van der Waals surface area contributed by atoms with Crippen molar-refractivity contribution in [2.75, 3.05) is 0 Å². The maximum absolute atomic E-state index is 9.28. The van der Waals surface area contributed by atoms with Gasteiger partial charge in [-0.3, -0.25) is 0 Å². The van der Waals surface area contributed by atoms with Gasteiger partial charge < -0.3 is 0 Å². The van der Waals surface area contributed by atoms with Crippen LogP contribution in [-0.2, 0) is 0 Å². The third-order valence-electron chi connectivity index (χ3n) is 3.94. The van der Waals surface area contributed by atoms with Crippen LogP contribution in [-0.4, -0.2) is 0 Å². The molecule has 0 spiro atoms. The molecule has 1 nitrogen and oxygen atoms in total. The van der Waals surface area contributed by atoms with Crippen LogP contribution in [0.25, 0.3) is 0 Å². The molecule has 0 saturated heterocycles. The molecule has 3 atom stereocenters. The summed E-state index contributed by atoms with van der Waals surface area (Å²) >= 11 is 0. The van der Waals surface area contributed by atoms with Crippen molar-refractivity contribution in [1.82, 2.24) is 0 Å². The molecule has 0 heterocycles. The van der Waals surface area contributed by atoms with Crippen LogP contribution in [0.2, 0.25) is 0 Å². The summed E-state index contributed by atoms with van der Waals surface area (Å²) in [5.74, 6) is 0.627. The van der Waals surface area contributed by atoms with E-state index in [2.05, 4.69) is 52.8 Å². The summed E-state index contributed by atoms with van der Waals surface area (Å²) in [6, 6.07) is 2.50. The number of hydrogen-bond acceptors (Lipinski definition) is 1. The van der Waals surface area contributed by atoms with Gasteiger partial charge in [-0.25, -0.2) is 0 Å². The Morgan fingerprint density at radius 1 is 1.43 bits per heavy atom. The second kappa shape index (κ2) is 3.42. The van der Waals surface area contributed by atoms with Crippen molar-refractivity contribution in [2.45, 2.75) is 41.0 Å². The molecular formula is C13H21N. The number of nitriles is 1. The Hall–Kier alpha value is -0.770. The molecular weight excluding hydrogens is 170 g/mol. The topological polar surface area (TPSA) is 23.8 Å². The van der Waals surface area contributed by atoms with Gasteiger partial charge >= 0.3 is 0 Å². The minimum Gasteiger partial charge on any atom is -0.198 e. The molecule has 0 aromatic carbocycles. The molecule has 0 aliphatic heterocycles. The molecule has 0 aromatic rings. The highest BCUT2D eigenvalue weighted by Gasteiger charge is 2.45. The van der Waals surface area contributed by atoms with Crippen molar-refractivity contribution in [2.24, 2.45) is 22.7 Å². The van der Waals surface area contributed by atoms with Crippen LogP contribution >= 0.6 is 0 Å². The Labute approximate surface area is 87.8 Å². The van der Waals surface area contributed by atoms with E-state index in [1.165, 1.54) is 0 Å². The molecule has 78 valence electrons. The molecule has 14 heavy (non-hydrogen) atoms. The average Bonchev–Trinajstić information content (AvgIpc) is 2.02. The van der Waals surface area contributed by atoms with Crippen LogP contribution in [0.1, 0.15) is 41.0 Å². The van der Waals surface area contributed by atoms with E-state index >= 15 is 0 Å². The van der Waals surface area contributed by atoms with E-state index in [1.54, 1.807) is 0 Å². The smallest absolute Gasteiger partial charge is 0.0667 e. The summed E-state index contributed by atoms with van der Waals surface area (Å²) in [5, 5.41) is 9.28. The number of rotatable bonds is 0. The lowest BCUT2D eigenvalue weighted by atomic mass is 9.56. The minimum atomic E-state index is 0.0133. The predicted octanol–water partition coefficient (Wildman–Crippen LogP) is 3.77. The van der Waals surface area contributed by atoms with Gasteiger partial charge in [-0.15, -0.1) is 0 Å². The zero-order chi connectivity index (χ0) is 11.0. The highest BCUT2D eigenvalue weighted by Crippen LogP contribution is 2.51. The maximum Gasteiger partial charge on any atom is 0.0667 e. The lowest BCUT2D eigenvalue weighted by molar-refractivity contribution is 0.0787. The fourth-order valence-electron chi connectivity index (χ4n) is 2.34. The highest BCUT2D eigenvalue weighted by molar-refractivity contribution is 5.16. The molecule has 1 aliphatic carbocycles. The van der Waals surface area contributed by atoms with Gasteiger partial charge in [-0.2, -0.15) is 5.26 Å². The second-order valence-electron chi connectivity index (χ2n) is 5.75. The van der Waals surface area contributed by atoms with Gasteiger partial charge in [0.25, 0.3) is 0 Å². The van der Waals surface area contributed by atoms with Crippen LogP contribution in [0, 0.1) is 34.0 Å². The van der Waals surface area contributed by atoms with E-state index in [4.69, 9.17) is 0 Å². The van der Waals surface area contributed by atoms with Gasteiger partial charge in [0.05, 0.1) is 12.0 Å². The molecule has 0 amide bonds. The molecule has 1 aliphatic rings. The monoisotopic (exact) mass is 191 g/mol. The van der Waals surface area contributed by atoms with Gasteiger partial charge in [-0.05, 0) is 17.8 Å². The molecule has 0 N–H and O–H groups in total. The van der Waals surface area contributed by atoms with Crippen molar-refractivity contribution < 1.29 is 0 Å². The zero-order valence-corrected chi connectivity index (χ0v) is 9.96.